The average molecular weight is 615 g/mol. The Labute approximate surface area is 235 Å². The first-order chi connectivity index (χ1) is 18.5. The molecule has 2 N–H and O–H groups in total. The third kappa shape index (κ3) is 4.43. The molecule has 2 aromatic carbocycles. The molecule has 3 aromatic rings. The number of aromatic nitrogens is 1. The molecule has 202 valence electrons. The first kappa shape index (κ1) is 26.7. The molecule has 1 saturated heterocycles. The van der Waals surface area contributed by atoms with E-state index in [2.05, 4.69) is 20.9 Å². The largest absolute Gasteiger partial charge is 0.507 e. The lowest BCUT2D eigenvalue weighted by molar-refractivity contribution is -0.132. The van der Waals surface area contributed by atoms with Crippen molar-refractivity contribution in [2.75, 3.05) is 19.1 Å². The monoisotopic (exact) mass is 614 g/mol. The molecular weight excluding hydrogens is 592 g/mol. The molecule has 10 nitrogen and oxygen atoms in total. The van der Waals surface area contributed by atoms with E-state index in [0.717, 1.165) is 21.8 Å². The number of phenolic OH excluding ortho intramolecular Hbond substituents is 1. The van der Waals surface area contributed by atoms with Gasteiger partial charge in [-0.25, -0.2) is 9.78 Å². The number of phenols is 1. The number of hydrogen-bond acceptors (Lipinski definition) is 10. The second-order valence-corrected chi connectivity index (χ2v) is 10.9. The fourth-order valence-corrected chi connectivity index (χ4v) is 6.22. The summed E-state index contributed by atoms with van der Waals surface area (Å²) >= 11 is 4.18. The molecule has 0 bridgehead atoms. The van der Waals surface area contributed by atoms with Crippen LogP contribution in [0.15, 0.2) is 40.4 Å². The second-order valence-electron chi connectivity index (χ2n) is 9.08. The van der Waals surface area contributed by atoms with Gasteiger partial charge in [-0.3, -0.25) is 14.5 Å². The van der Waals surface area contributed by atoms with Crippen LogP contribution in [-0.4, -0.2) is 53.2 Å². The van der Waals surface area contributed by atoms with Gasteiger partial charge in [0, 0.05) is 12.0 Å². The van der Waals surface area contributed by atoms with Gasteiger partial charge in [-0.1, -0.05) is 11.3 Å². The number of ketones is 1. The van der Waals surface area contributed by atoms with E-state index < -0.39 is 23.7 Å². The molecule has 3 heterocycles. The minimum absolute atomic E-state index is 0.0260. The van der Waals surface area contributed by atoms with Crippen molar-refractivity contribution in [2.45, 2.75) is 32.4 Å². The van der Waals surface area contributed by atoms with Crippen molar-refractivity contribution in [2.24, 2.45) is 0 Å². The number of rotatable bonds is 5. The Bertz CT molecular complexity index is 1580. The lowest BCUT2D eigenvalue weighted by Gasteiger charge is -2.24. The number of thiazole rings is 1. The van der Waals surface area contributed by atoms with Crippen LogP contribution >= 0.6 is 27.3 Å². The summed E-state index contributed by atoms with van der Waals surface area (Å²) in [6.45, 7) is 3.52. The van der Waals surface area contributed by atoms with E-state index in [4.69, 9.17) is 14.2 Å². The van der Waals surface area contributed by atoms with E-state index in [1.807, 2.05) is 6.92 Å². The lowest BCUT2D eigenvalue weighted by atomic mass is 9.94. The summed E-state index contributed by atoms with van der Waals surface area (Å²) in [6, 6.07) is 6.90. The minimum atomic E-state index is -1.16. The van der Waals surface area contributed by atoms with Crippen molar-refractivity contribution in [1.82, 2.24) is 4.98 Å². The summed E-state index contributed by atoms with van der Waals surface area (Å²) in [4.78, 5) is 45.0. The average Bonchev–Trinajstić information content (AvgIpc) is 3.56. The second kappa shape index (κ2) is 10.0. The fourth-order valence-electron chi connectivity index (χ4n) is 4.74. The van der Waals surface area contributed by atoms with Crippen LogP contribution in [0.2, 0.25) is 0 Å². The zero-order chi connectivity index (χ0) is 28.2. The maximum atomic E-state index is 13.5. The van der Waals surface area contributed by atoms with Crippen molar-refractivity contribution in [3.8, 4) is 17.2 Å². The number of aromatic hydroxyl groups is 1. The first-order valence-electron chi connectivity index (χ1n) is 11.8. The van der Waals surface area contributed by atoms with Crippen molar-refractivity contribution in [3.05, 3.63) is 67.6 Å². The molecule has 0 spiro atoms. The molecule has 2 aliphatic rings. The molecule has 1 amide bonds. The number of carbonyl (C=O) groups excluding carboxylic acids is 3. The number of ether oxygens (including phenoxy) is 3. The SMILES string of the molecule is COC(=O)c1sc(N2C(=O)C(=O)C(=C(O)c3ccc4c(c3)C[C@H](C)O4)[C@@H]2c2cc(Br)c(O)c(OC)c2)nc1C. The number of benzene rings is 2. The Kier molecular flexibility index (Phi) is 6.85. The van der Waals surface area contributed by atoms with Crippen LogP contribution in [0.5, 0.6) is 17.2 Å². The van der Waals surface area contributed by atoms with E-state index in [0.29, 0.717) is 29.0 Å². The van der Waals surface area contributed by atoms with E-state index in [1.165, 1.54) is 26.4 Å². The third-order valence-electron chi connectivity index (χ3n) is 6.56. The molecule has 39 heavy (non-hydrogen) atoms. The third-order valence-corrected chi connectivity index (χ3v) is 8.30. The van der Waals surface area contributed by atoms with Gasteiger partial charge in [0.15, 0.2) is 16.6 Å². The van der Waals surface area contributed by atoms with Crippen LogP contribution in [0.4, 0.5) is 5.13 Å². The topological polar surface area (TPSA) is 135 Å². The van der Waals surface area contributed by atoms with E-state index >= 15 is 0 Å². The number of carbonyl (C=O) groups is 3. The molecule has 5 rings (SSSR count). The Morgan fingerprint density at radius 1 is 1.23 bits per heavy atom. The zero-order valence-electron chi connectivity index (χ0n) is 21.3. The van der Waals surface area contributed by atoms with Crippen molar-refractivity contribution in [1.29, 1.82) is 0 Å². The molecule has 0 radical (unpaired) electrons. The number of amides is 1. The summed E-state index contributed by atoms with van der Waals surface area (Å²) in [6.07, 6.45) is 0.604. The lowest BCUT2D eigenvalue weighted by Crippen LogP contribution is -2.29. The number of hydrogen-bond donors (Lipinski definition) is 2. The number of esters is 1. The summed E-state index contributed by atoms with van der Waals surface area (Å²) in [5, 5.41) is 22.0. The Balaban J connectivity index is 1.73. The number of nitrogens with zero attached hydrogens (tertiary/aromatic N) is 2. The predicted octanol–water partition coefficient (Wildman–Crippen LogP) is 4.66. The van der Waals surface area contributed by atoms with E-state index in [-0.39, 0.29) is 43.4 Å². The number of aliphatic hydroxyl groups excluding tert-OH is 1. The highest BCUT2D eigenvalue weighted by Gasteiger charge is 2.49. The van der Waals surface area contributed by atoms with Gasteiger partial charge < -0.3 is 24.4 Å². The molecule has 12 heteroatoms. The highest BCUT2D eigenvalue weighted by Crippen LogP contribution is 2.47. The summed E-state index contributed by atoms with van der Waals surface area (Å²) in [5.74, 6) is -2.29. The summed E-state index contributed by atoms with van der Waals surface area (Å²) < 4.78 is 16.1. The maximum absolute atomic E-state index is 13.5. The van der Waals surface area contributed by atoms with Crippen LogP contribution in [0, 0.1) is 6.92 Å². The van der Waals surface area contributed by atoms with Crippen LogP contribution in [0.25, 0.3) is 5.76 Å². The Hall–Kier alpha value is -3.90. The standard InChI is InChI=1S/C27H23BrN2O8S/c1-11-7-14-8-13(5-6-17(14)38-11)21(31)19-20(15-9-16(28)22(32)18(10-15)36-3)30(25(34)23(19)33)27-29-12(2)24(39-27)26(35)37-4/h5-6,8-11,20,31-32H,7H2,1-4H3/t11-,20-/m0/s1. The van der Waals surface area contributed by atoms with E-state index in [1.54, 1.807) is 25.1 Å². The van der Waals surface area contributed by atoms with Gasteiger partial charge in [0.1, 0.15) is 22.5 Å². The summed E-state index contributed by atoms with van der Waals surface area (Å²) in [7, 11) is 2.60. The van der Waals surface area contributed by atoms with Crippen molar-refractivity contribution < 1.29 is 38.8 Å². The number of halogens is 1. The smallest absolute Gasteiger partial charge is 0.350 e. The molecular formula is C27H23BrN2O8S. The molecule has 1 aromatic heterocycles. The first-order valence-corrected chi connectivity index (χ1v) is 13.4. The number of aliphatic hydroxyl groups is 1. The normalized spacial score (nSPS) is 19.7. The number of fused-ring (bicyclic) bond motifs is 1. The van der Waals surface area contributed by atoms with Gasteiger partial charge in [0.05, 0.1) is 36.0 Å². The van der Waals surface area contributed by atoms with Crippen LogP contribution in [0.3, 0.4) is 0 Å². The number of methoxy groups -OCH3 is 2. The highest BCUT2D eigenvalue weighted by molar-refractivity contribution is 9.10. The van der Waals surface area contributed by atoms with Crippen molar-refractivity contribution >= 4 is 55.8 Å². The van der Waals surface area contributed by atoms with Crippen molar-refractivity contribution in [3.63, 3.8) is 0 Å². The van der Waals surface area contributed by atoms with Gasteiger partial charge in [0.25, 0.3) is 5.78 Å². The molecule has 1 fully saturated rings. The Morgan fingerprint density at radius 2 is 1.97 bits per heavy atom. The van der Waals surface area contributed by atoms with Crippen LogP contribution < -0.4 is 14.4 Å². The molecule has 2 atom stereocenters. The van der Waals surface area contributed by atoms with E-state index in [9.17, 15) is 24.6 Å². The minimum Gasteiger partial charge on any atom is -0.507 e. The predicted molar refractivity (Wildman–Crippen MR) is 146 cm³/mol. The van der Waals surface area contributed by atoms with Gasteiger partial charge in [-0.2, -0.15) is 0 Å². The number of aryl methyl sites for hydroxylation is 1. The zero-order valence-corrected chi connectivity index (χ0v) is 23.7. The van der Waals surface area contributed by atoms with Gasteiger partial charge >= 0.3 is 11.9 Å². The summed E-state index contributed by atoms with van der Waals surface area (Å²) in [5.41, 5.74) is 1.69. The molecule has 2 aliphatic heterocycles. The quantitative estimate of drug-likeness (QED) is 0.182. The highest BCUT2D eigenvalue weighted by atomic mass is 79.9. The maximum Gasteiger partial charge on any atom is 0.350 e. The molecule has 0 saturated carbocycles. The van der Waals surface area contributed by atoms with Crippen LogP contribution in [-0.2, 0) is 20.7 Å². The Morgan fingerprint density at radius 3 is 2.67 bits per heavy atom. The molecule has 0 aliphatic carbocycles. The van der Waals surface area contributed by atoms with Gasteiger partial charge in [-0.05, 0) is 71.2 Å². The number of anilines is 1. The fraction of sp³-hybridized carbons (Fsp3) is 0.259. The molecule has 0 unspecified atom stereocenters. The van der Waals surface area contributed by atoms with Crippen LogP contribution in [0.1, 0.15) is 45.0 Å². The van der Waals surface area contributed by atoms with Gasteiger partial charge in [0.2, 0.25) is 0 Å². The van der Waals surface area contributed by atoms with Gasteiger partial charge in [-0.15, -0.1) is 0 Å². The number of Topliss-reactive ketones (excluding diaryl/α,β-unsaturated/α-hetero) is 1.